The average molecular weight is 465 g/mol. The molecule has 8 nitrogen and oxygen atoms in total. The summed E-state index contributed by atoms with van der Waals surface area (Å²) in [7, 11) is 0. The highest BCUT2D eigenvalue weighted by atomic mass is 16.6. The quantitative estimate of drug-likeness (QED) is 0.499. The summed E-state index contributed by atoms with van der Waals surface area (Å²) in [6.45, 7) is 7.79. The monoisotopic (exact) mass is 464 g/mol. The van der Waals surface area contributed by atoms with Crippen LogP contribution in [0.4, 0.5) is 17.1 Å². The fourth-order valence-corrected chi connectivity index (χ4v) is 4.63. The number of amides is 2. The number of anilines is 2. The van der Waals surface area contributed by atoms with E-state index in [2.05, 4.69) is 24.1 Å². The lowest BCUT2D eigenvalue weighted by Crippen LogP contribution is -2.40. The summed E-state index contributed by atoms with van der Waals surface area (Å²) in [6.07, 6.45) is 4.18. The van der Waals surface area contributed by atoms with Crippen LogP contribution < -0.4 is 10.2 Å². The Kier molecular flexibility index (Phi) is 7.14. The van der Waals surface area contributed by atoms with Gasteiger partial charge in [-0.1, -0.05) is 13.8 Å². The van der Waals surface area contributed by atoms with Crippen molar-refractivity contribution in [2.45, 2.75) is 39.5 Å². The van der Waals surface area contributed by atoms with Gasteiger partial charge in [-0.15, -0.1) is 0 Å². The molecule has 0 radical (unpaired) electrons. The van der Waals surface area contributed by atoms with Gasteiger partial charge in [0.2, 0.25) is 0 Å². The summed E-state index contributed by atoms with van der Waals surface area (Å²) in [5, 5.41) is 13.7. The molecule has 2 saturated heterocycles. The van der Waals surface area contributed by atoms with E-state index in [0.29, 0.717) is 28.7 Å². The number of nitro groups is 1. The normalized spacial score (nSPS) is 17.5. The summed E-state index contributed by atoms with van der Waals surface area (Å²) in [5.74, 6) is 0.935. The standard InChI is InChI=1S/C26H32N4O4/c1-18-9-13-28(14-10-18)24-8-5-21(17-23(24)26(32)29-15-11-19(2)12-16-29)27-25(31)20-3-6-22(7-4-20)30(33)34/h3-8,17-19H,9-16H2,1-2H3,(H,27,31). The van der Waals surface area contributed by atoms with E-state index in [1.165, 1.54) is 24.3 Å². The van der Waals surface area contributed by atoms with E-state index in [1.54, 1.807) is 6.07 Å². The number of carbonyl (C=O) groups excluding carboxylic acids is 2. The minimum Gasteiger partial charge on any atom is -0.371 e. The van der Waals surface area contributed by atoms with Gasteiger partial charge >= 0.3 is 0 Å². The molecule has 34 heavy (non-hydrogen) atoms. The number of non-ortho nitro benzene ring substituents is 1. The van der Waals surface area contributed by atoms with Gasteiger partial charge in [-0.2, -0.15) is 0 Å². The summed E-state index contributed by atoms with van der Waals surface area (Å²) in [5.41, 5.74) is 2.32. The molecule has 4 rings (SSSR count). The van der Waals surface area contributed by atoms with Crippen LogP contribution in [0.2, 0.25) is 0 Å². The van der Waals surface area contributed by atoms with Gasteiger partial charge in [0, 0.05) is 55.2 Å². The van der Waals surface area contributed by atoms with Crippen LogP contribution in [0.1, 0.15) is 60.2 Å². The third-order valence-electron chi connectivity index (χ3n) is 7.02. The molecule has 2 aromatic carbocycles. The lowest BCUT2D eigenvalue weighted by molar-refractivity contribution is -0.384. The molecular weight excluding hydrogens is 432 g/mol. The van der Waals surface area contributed by atoms with Crippen molar-refractivity contribution < 1.29 is 14.5 Å². The number of nitrogens with one attached hydrogen (secondary N) is 1. The molecule has 0 aromatic heterocycles. The number of benzene rings is 2. The number of nitrogens with zero attached hydrogens (tertiary/aromatic N) is 3. The maximum Gasteiger partial charge on any atom is 0.269 e. The number of hydrogen-bond acceptors (Lipinski definition) is 5. The van der Waals surface area contributed by atoms with E-state index in [4.69, 9.17) is 0 Å². The van der Waals surface area contributed by atoms with E-state index < -0.39 is 4.92 Å². The highest BCUT2D eigenvalue weighted by molar-refractivity contribution is 6.06. The molecule has 0 atom stereocenters. The SMILES string of the molecule is CC1CCN(C(=O)c2cc(NC(=O)c3ccc([N+](=O)[O-])cc3)ccc2N2CCC(C)CC2)CC1. The third-order valence-corrected chi connectivity index (χ3v) is 7.02. The Morgan fingerprint density at radius 2 is 1.50 bits per heavy atom. The van der Waals surface area contributed by atoms with Crippen LogP contribution in [-0.2, 0) is 0 Å². The number of likely N-dealkylation sites (tertiary alicyclic amines) is 1. The summed E-state index contributed by atoms with van der Waals surface area (Å²) < 4.78 is 0. The number of hydrogen-bond donors (Lipinski definition) is 1. The van der Waals surface area contributed by atoms with Crippen LogP contribution in [0.3, 0.4) is 0 Å². The Hall–Kier alpha value is -3.42. The third kappa shape index (κ3) is 5.38. The lowest BCUT2D eigenvalue weighted by atomic mass is 9.96. The first-order chi connectivity index (χ1) is 16.3. The smallest absolute Gasteiger partial charge is 0.269 e. The van der Waals surface area contributed by atoms with Crippen LogP contribution in [0.5, 0.6) is 0 Å². The van der Waals surface area contributed by atoms with Crippen LogP contribution in [-0.4, -0.2) is 47.8 Å². The maximum atomic E-state index is 13.6. The maximum absolute atomic E-state index is 13.6. The summed E-state index contributed by atoms with van der Waals surface area (Å²) in [6, 6.07) is 11.0. The first-order valence-electron chi connectivity index (χ1n) is 12.1. The van der Waals surface area contributed by atoms with Crippen molar-refractivity contribution >= 4 is 28.9 Å². The second-order valence-electron chi connectivity index (χ2n) is 9.63. The number of rotatable bonds is 5. The minimum atomic E-state index is -0.499. The average Bonchev–Trinajstić information content (AvgIpc) is 2.84. The van der Waals surface area contributed by atoms with Gasteiger partial charge in [0.25, 0.3) is 17.5 Å². The van der Waals surface area contributed by atoms with Crippen LogP contribution in [0.15, 0.2) is 42.5 Å². The van der Waals surface area contributed by atoms with Crippen molar-refractivity contribution in [1.82, 2.24) is 4.90 Å². The molecule has 2 amide bonds. The molecule has 0 saturated carbocycles. The van der Waals surface area contributed by atoms with Gasteiger partial charge < -0.3 is 15.1 Å². The van der Waals surface area contributed by atoms with Crippen molar-refractivity contribution in [2.75, 3.05) is 36.4 Å². The molecule has 2 fully saturated rings. The van der Waals surface area contributed by atoms with Crippen LogP contribution >= 0.6 is 0 Å². The molecule has 0 bridgehead atoms. The fraction of sp³-hybridized carbons (Fsp3) is 0.462. The van der Waals surface area contributed by atoms with Crippen molar-refractivity contribution in [3.05, 3.63) is 63.7 Å². The molecular formula is C26H32N4O4. The van der Waals surface area contributed by atoms with E-state index >= 15 is 0 Å². The predicted octanol–water partition coefficient (Wildman–Crippen LogP) is 4.96. The molecule has 2 heterocycles. The highest BCUT2D eigenvalue weighted by Crippen LogP contribution is 2.31. The van der Waals surface area contributed by atoms with Gasteiger partial charge in [-0.3, -0.25) is 19.7 Å². The summed E-state index contributed by atoms with van der Waals surface area (Å²) in [4.78, 5) is 40.9. The Bertz CT molecular complexity index is 1050. The lowest BCUT2D eigenvalue weighted by Gasteiger charge is -2.35. The molecule has 2 aromatic rings. The number of nitro benzene ring substituents is 1. The predicted molar refractivity (Wildman–Crippen MR) is 132 cm³/mol. The first-order valence-corrected chi connectivity index (χ1v) is 12.1. The van der Waals surface area contributed by atoms with E-state index in [0.717, 1.165) is 57.5 Å². The first kappa shape index (κ1) is 23.7. The molecule has 0 unspecified atom stereocenters. The minimum absolute atomic E-state index is 0.00644. The van der Waals surface area contributed by atoms with Crippen molar-refractivity contribution in [3.63, 3.8) is 0 Å². The second kappa shape index (κ2) is 10.2. The van der Waals surface area contributed by atoms with Gasteiger partial charge in [0.15, 0.2) is 0 Å². The molecule has 0 aliphatic carbocycles. The molecule has 2 aliphatic rings. The Morgan fingerprint density at radius 1 is 0.912 bits per heavy atom. The Morgan fingerprint density at radius 3 is 2.09 bits per heavy atom. The Balaban J connectivity index is 1.58. The van der Waals surface area contributed by atoms with Crippen molar-refractivity contribution in [3.8, 4) is 0 Å². The zero-order valence-corrected chi connectivity index (χ0v) is 19.8. The van der Waals surface area contributed by atoms with Crippen molar-refractivity contribution in [2.24, 2.45) is 11.8 Å². The van der Waals surface area contributed by atoms with Crippen LogP contribution in [0, 0.1) is 22.0 Å². The van der Waals surface area contributed by atoms with Gasteiger partial charge in [0.05, 0.1) is 10.5 Å². The zero-order valence-electron chi connectivity index (χ0n) is 19.8. The summed E-state index contributed by atoms with van der Waals surface area (Å²) >= 11 is 0. The van der Waals surface area contributed by atoms with E-state index in [1.807, 2.05) is 17.0 Å². The number of piperidine rings is 2. The molecule has 1 N–H and O–H groups in total. The van der Waals surface area contributed by atoms with E-state index in [9.17, 15) is 19.7 Å². The number of carbonyl (C=O) groups is 2. The second-order valence-corrected chi connectivity index (χ2v) is 9.63. The molecule has 0 spiro atoms. The fourth-order valence-electron chi connectivity index (χ4n) is 4.63. The zero-order chi connectivity index (χ0) is 24.2. The molecule has 2 aliphatic heterocycles. The highest BCUT2D eigenvalue weighted by Gasteiger charge is 2.27. The van der Waals surface area contributed by atoms with Gasteiger partial charge in [0.1, 0.15) is 0 Å². The Labute approximate surface area is 200 Å². The van der Waals surface area contributed by atoms with Gasteiger partial charge in [-0.05, 0) is 67.9 Å². The van der Waals surface area contributed by atoms with Crippen molar-refractivity contribution in [1.29, 1.82) is 0 Å². The molecule has 8 heteroatoms. The largest absolute Gasteiger partial charge is 0.371 e. The topological polar surface area (TPSA) is 95.8 Å². The van der Waals surface area contributed by atoms with Crippen LogP contribution in [0.25, 0.3) is 0 Å². The molecule has 180 valence electrons. The van der Waals surface area contributed by atoms with Gasteiger partial charge in [-0.25, -0.2) is 0 Å². The van der Waals surface area contributed by atoms with E-state index in [-0.39, 0.29) is 17.5 Å².